The van der Waals surface area contributed by atoms with Crippen molar-refractivity contribution in [1.29, 1.82) is 0 Å². The van der Waals surface area contributed by atoms with Crippen LogP contribution in [0.2, 0.25) is 0 Å². The Kier molecular flexibility index (Phi) is 7.07. The van der Waals surface area contributed by atoms with Crippen LogP contribution in [0.4, 0.5) is 5.69 Å². The van der Waals surface area contributed by atoms with Crippen molar-refractivity contribution < 1.29 is 0 Å². The minimum atomic E-state index is -0.506. The van der Waals surface area contributed by atoms with Gasteiger partial charge in [-0.25, -0.2) is 9.78 Å². The van der Waals surface area contributed by atoms with E-state index in [0.717, 1.165) is 47.6 Å². The fourth-order valence-corrected chi connectivity index (χ4v) is 3.74. The molecule has 10 nitrogen and oxygen atoms in total. The van der Waals surface area contributed by atoms with Crippen LogP contribution in [0.25, 0.3) is 22.6 Å². The summed E-state index contributed by atoms with van der Waals surface area (Å²) in [6.07, 6.45) is 3.32. The van der Waals surface area contributed by atoms with E-state index in [1.165, 1.54) is 11.6 Å². The minimum absolute atomic E-state index is 0.0948. The van der Waals surface area contributed by atoms with Gasteiger partial charge in [-0.1, -0.05) is 19.9 Å². The van der Waals surface area contributed by atoms with Gasteiger partial charge in [0.1, 0.15) is 0 Å². The molecule has 0 unspecified atom stereocenters. The van der Waals surface area contributed by atoms with Crippen molar-refractivity contribution in [2.75, 3.05) is 31.5 Å². The van der Waals surface area contributed by atoms with Crippen LogP contribution in [-0.4, -0.2) is 60.4 Å². The lowest BCUT2D eigenvalue weighted by molar-refractivity contribution is 0.316. The summed E-state index contributed by atoms with van der Waals surface area (Å²) < 4.78 is 2.43. The van der Waals surface area contributed by atoms with Crippen LogP contribution in [0.5, 0.6) is 0 Å². The molecule has 0 saturated carbocycles. The third kappa shape index (κ3) is 4.86. The van der Waals surface area contributed by atoms with Crippen molar-refractivity contribution in [3.63, 3.8) is 0 Å². The number of nitrogens with zero attached hydrogens (tertiary/aromatic N) is 7. The van der Waals surface area contributed by atoms with E-state index in [2.05, 4.69) is 44.2 Å². The fraction of sp³-hybridized carbons (Fsp3) is 0.333. The van der Waals surface area contributed by atoms with Crippen LogP contribution < -0.4 is 16.6 Å². The second-order valence-electron chi connectivity index (χ2n) is 7.93. The molecule has 0 atom stereocenters. The molecule has 34 heavy (non-hydrogen) atoms. The number of aromatic nitrogens is 6. The molecule has 0 aliphatic rings. The normalized spacial score (nSPS) is 11.3. The predicted octanol–water partition coefficient (Wildman–Crippen LogP) is 1.75. The van der Waals surface area contributed by atoms with Gasteiger partial charge in [0.2, 0.25) is 0 Å². The maximum absolute atomic E-state index is 12.8. The quantitative estimate of drug-likeness (QED) is 0.402. The van der Waals surface area contributed by atoms with Crippen LogP contribution >= 0.6 is 0 Å². The first-order valence-corrected chi connectivity index (χ1v) is 11.3. The number of nitrogens with one attached hydrogen (secondary N) is 1. The monoisotopic (exact) mass is 460 g/mol. The maximum Gasteiger partial charge on any atom is 0.332 e. The molecule has 3 aromatic heterocycles. The molecule has 0 bridgehead atoms. The molecule has 0 aliphatic carbocycles. The van der Waals surface area contributed by atoms with E-state index < -0.39 is 11.2 Å². The van der Waals surface area contributed by atoms with E-state index in [1.807, 2.05) is 30.3 Å². The van der Waals surface area contributed by atoms with Gasteiger partial charge in [-0.2, -0.15) is 0 Å². The third-order valence-electron chi connectivity index (χ3n) is 5.81. The molecule has 0 radical (unpaired) electrons. The molecule has 1 N–H and O–H groups in total. The van der Waals surface area contributed by atoms with Crippen molar-refractivity contribution in [2.45, 2.75) is 20.4 Å². The van der Waals surface area contributed by atoms with E-state index in [4.69, 9.17) is 0 Å². The topological polar surface area (TPSA) is 111 Å². The molecule has 3 heterocycles. The van der Waals surface area contributed by atoms with Gasteiger partial charge in [0.05, 0.1) is 6.54 Å². The summed E-state index contributed by atoms with van der Waals surface area (Å²) in [4.78, 5) is 36.5. The summed E-state index contributed by atoms with van der Waals surface area (Å²) in [5, 5.41) is 11.8. The smallest absolute Gasteiger partial charge is 0.332 e. The highest BCUT2D eigenvalue weighted by Crippen LogP contribution is 2.18. The van der Waals surface area contributed by atoms with E-state index in [-0.39, 0.29) is 17.7 Å². The van der Waals surface area contributed by atoms with E-state index in [0.29, 0.717) is 5.82 Å². The van der Waals surface area contributed by atoms with E-state index in [1.54, 1.807) is 18.5 Å². The van der Waals surface area contributed by atoms with Gasteiger partial charge in [-0.3, -0.25) is 18.9 Å². The Labute approximate surface area is 196 Å². The number of fused-ring (bicyclic) bond motifs is 1. The number of benzene rings is 1. The Morgan fingerprint density at radius 3 is 2.47 bits per heavy atom. The zero-order valence-electron chi connectivity index (χ0n) is 19.6. The molecule has 4 rings (SSSR count). The first-order valence-electron chi connectivity index (χ1n) is 11.3. The average molecular weight is 461 g/mol. The summed E-state index contributed by atoms with van der Waals surface area (Å²) in [6.45, 7) is 8.39. The van der Waals surface area contributed by atoms with E-state index >= 15 is 0 Å². The van der Waals surface area contributed by atoms with Gasteiger partial charge in [0.15, 0.2) is 17.0 Å². The summed E-state index contributed by atoms with van der Waals surface area (Å²) in [6, 6.07) is 11.3. The summed E-state index contributed by atoms with van der Waals surface area (Å²) in [5.41, 5.74) is 1.78. The van der Waals surface area contributed by atoms with Gasteiger partial charge in [0.25, 0.3) is 5.56 Å². The Morgan fingerprint density at radius 1 is 1.03 bits per heavy atom. The molecule has 0 spiro atoms. The molecular formula is C24H28N8O2. The molecule has 0 aliphatic heterocycles. The number of pyridine rings is 1. The van der Waals surface area contributed by atoms with Crippen LogP contribution in [0.1, 0.15) is 19.4 Å². The summed E-state index contributed by atoms with van der Waals surface area (Å²) in [5.74, 6) is 0.325. The Bertz CT molecular complexity index is 1380. The largest absolute Gasteiger partial charge is 0.384 e. The zero-order chi connectivity index (χ0) is 24.1. The molecule has 0 saturated heterocycles. The van der Waals surface area contributed by atoms with Crippen molar-refractivity contribution in [3.8, 4) is 11.4 Å². The predicted molar refractivity (Wildman–Crippen MR) is 132 cm³/mol. The van der Waals surface area contributed by atoms with Gasteiger partial charge in [0, 0.05) is 43.8 Å². The van der Waals surface area contributed by atoms with Crippen LogP contribution in [-0.2, 0) is 13.6 Å². The number of anilines is 1. The summed E-state index contributed by atoms with van der Waals surface area (Å²) >= 11 is 0. The second kappa shape index (κ2) is 10.3. The molecule has 4 aromatic rings. The lowest BCUT2D eigenvalue weighted by Gasteiger charge is -2.18. The first kappa shape index (κ1) is 23.2. The lowest BCUT2D eigenvalue weighted by atomic mass is 10.2. The number of rotatable bonds is 9. The standard InChI is InChI=1S/C24H28N8O2/c1-4-31(5-2)14-13-26-19-10-8-18(9-11-19)21-27-20-22(29-28-21)32(24(34)30(3)23(20)33)16-17-7-6-12-25-15-17/h6-12,15,26H,4-5,13-14,16H2,1-3H3. The van der Waals surface area contributed by atoms with Gasteiger partial charge in [-0.15, -0.1) is 10.2 Å². The second-order valence-corrected chi connectivity index (χ2v) is 7.93. The van der Waals surface area contributed by atoms with Crippen molar-refractivity contribution in [1.82, 2.24) is 34.2 Å². The van der Waals surface area contributed by atoms with Crippen molar-refractivity contribution in [2.24, 2.45) is 7.05 Å². The fourth-order valence-electron chi connectivity index (χ4n) is 3.74. The van der Waals surface area contributed by atoms with Gasteiger partial charge >= 0.3 is 5.69 Å². The number of likely N-dealkylation sites (N-methyl/N-ethyl adjacent to an activating group) is 1. The van der Waals surface area contributed by atoms with Crippen molar-refractivity contribution >= 4 is 16.9 Å². The molecule has 1 aromatic carbocycles. The number of hydrogen-bond donors (Lipinski definition) is 1. The Balaban J connectivity index is 1.62. The molecule has 10 heteroatoms. The lowest BCUT2D eigenvalue weighted by Crippen LogP contribution is -2.39. The Hall–Kier alpha value is -3.92. The maximum atomic E-state index is 12.8. The van der Waals surface area contributed by atoms with Crippen LogP contribution in [0.3, 0.4) is 0 Å². The number of hydrogen-bond acceptors (Lipinski definition) is 8. The van der Waals surface area contributed by atoms with Crippen LogP contribution in [0, 0.1) is 0 Å². The zero-order valence-corrected chi connectivity index (χ0v) is 19.6. The highest BCUT2D eigenvalue weighted by molar-refractivity contribution is 5.71. The summed E-state index contributed by atoms with van der Waals surface area (Å²) in [7, 11) is 1.43. The van der Waals surface area contributed by atoms with Crippen molar-refractivity contribution in [3.05, 3.63) is 75.2 Å². The molecule has 0 fully saturated rings. The van der Waals surface area contributed by atoms with Gasteiger partial charge < -0.3 is 10.2 Å². The molecule has 176 valence electrons. The SMILES string of the molecule is CCN(CC)CCNc1ccc(-c2nnc3c(n2)c(=O)n(C)c(=O)n3Cc2cccnc2)cc1. The average Bonchev–Trinajstić information content (AvgIpc) is 2.88. The molecule has 0 amide bonds. The minimum Gasteiger partial charge on any atom is -0.384 e. The third-order valence-corrected chi connectivity index (χ3v) is 5.81. The van der Waals surface area contributed by atoms with Gasteiger partial charge in [-0.05, 0) is 49.0 Å². The first-order chi connectivity index (χ1) is 16.5. The van der Waals surface area contributed by atoms with E-state index in [9.17, 15) is 9.59 Å². The van der Waals surface area contributed by atoms with Crippen LogP contribution in [0.15, 0.2) is 58.4 Å². The Morgan fingerprint density at radius 2 is 1.79 bits per heavy atom. The molecular weight excluding hydrogens is 432 g/mol. The highest BCUT2D eigenvalue weighted by atomic mass is 16.2. The highest BCUT2D eigenvalue weighted by Gasteiger charge is 2.16.